The fourth-order valence-corrected chi connectivity index (χ4v) is 15.4. The molecule has 128 heavy (non-hydrogen) atoms. The van der Waals surface area contributed by atoms with Crippen molar-refractivity contribution in [3.63, 3.8) is 0 Å². The van der Waals surface area contributed by atoms with Crippen molar-refractivity contribution < 1.29 is 70.0 Å². The van der Waals surface area contributed by atoms with E-state index >= 15 is 0 Å². The number of aromatic nitrogens is 6. The summed E-state index contributed by atoms with van der Waals surface area (Å²) in [6.45, 7) is 22.1. The molecule has 0 saturated heterocycles. The van der Waals surface area contributed by atoms with Crippen molar-refractivity contribution in [1.29, 1.82) is 0 Å². The predicted octanol–water partition coefficient (Wildman–Crippen LogP) is 14.2. The van der Waals surface area contributed by atoms with Gasteiger partial charge in [0.2, 0.25) is 9.23 Å². The van der Waals surface area contributed by atoms with Gasteiger partial charge in [-0.2, -0.15) is 15.3 Å². The van der Waals surface area contributed by atoms with Gasteiger partial charge < -0.3 is 66.1 Å². The first-order chi connectivity index (χ1) is 61.0. The van der Waals surface area contributed by atoms with E-state index in [0.717, 1.165) is 159 Å². The third-order valence-electron chi connectivity index (χ3n) is 21.9. The normalized spacial score (nSPS) is 16.8. The van der Waals surface area contributed by atoms with E-state index in [9.17, 15) is 29.7 Å². The Balaban J connectivity index is 0.000000238. The number of aryl methyl sites for hydroxylation is 3. The number of Topliss-reactive ketones (excluding diaryl/α,β-unsaturated/α-hetero) is 1. The van der Waals surface area contributed by atoms with Crippen LogP contribution < -0.4 is 73.8 Å². The minimum Gasteiger partial charge on any atom is -1.00 e. The number of nitrogens with two attached hydrogens (primary N) is 4. The topological polar surface area (TPSA) is 364 Å². The molecule has 3 atom stereocenters. The quantitative estimate of drug-likeness (QED) is 0.00831. The number of benzene rings is 9. The molecule has 663 valence electrons. The average Bonchev–Trinajstić information content (AvgIpc) is 1.72. The number of carbonyl (C=O) groups excluding carboxylic acids is 3. The maximum absolute atomic E-state index is 13.5. The van der Waals surface area contributed by atoms with E-state index in [4.69, 9.17) is 45.4 Å². The SMILES string of the molecule is Cc1cc(C(=O)Nc2cccc(C(NC3CCC(O)CC3)c3ccccc3)c2)n(-c2cccc(CN)c2)n1.NC1CCC(O)CC1.NCCCCCN.O=S(Cl)Cl.[B].[C-]#[N+]c1cccc(-n2nc(C)cc2C(=O)Cc2cccc(C(NC3CCC(O)CC3)c3ccccc3)c2)c1.[C-]#[N+]c1cccc(-n2nc(C)cc2C(=O)Nc2cccc(C(O)c3ccccc3)c2)c1.[H-].[Na+]. The van der Waals surface area contributed by atoms with E-state index in [1.807, 2.05) is 148 Å². The number of hydrogen-bond acceptors (Lipinski definition) is 17. The second-order valence-corrected chi connectivity index (χ2v) is 34.1. The molecular weight excluding hydrogens is 1680 g/mol. The van der Waals surface area contributed by atoms with Crippen LogP contribution in [0.2, 0.25) is 0 Å². The molecular formula is C99H115BCl2N16NaO8S. The number of halogens is 2. The Labute approximate surface area is 788 Å². The van der Waals surface area contributed by atoms with Crippen molar-refractivity contribution >= 4 is 79.4 Å². The van der Waals surface area contributed by atoms with Crippen LogP contribution in [-0.2, 0) is 22.2 Å². The maximum atomic E-state index is 13.5. The molecule has 24 nitrogen and oxygen atoms in total. The van der Waals surface area contributed by atoms with Crippen molar-refractivity contribution in [3.8, 4) is 17.1 Å². The Morgan fingerprint density at radius 1 is 0.453 bits per heavy atom. The van der Waals surface area contributed by atoms with Gasteiger partial charge in [0.05, 0.1) is 77.7 Å². The Morgan fingerprint density at radius 3 is 1.23 bits per heavy atom. The summed E-state index contributed by atoms with van der Waals surface area (Å²) in [5, 5.41) is 66.7. The number of aliphatic hydroxyl groups excluding tert-OH is 4. The molecule has 3 radical (unpaired) electrons. The number of hydrogen-bond donors (Lipinski definition) is 12. The Bertz CT molecular complexity index is 5550. The zero-order valence-corrected chi connectivity index (χ0v) is 77.3. The van der Waals surface area contributed by atoms with Crippen molar-refractivity contribution in [2.75, 3.05) is 23.7 Å². The van der Waals surface area contributed by atoms with Gasteiger partial charge in [-0.15, -0.1) is 0 Å². The van der Waals surface area contributed by atoms with Gasteiger partial charge in [0.15, 0.2) is 17.2 Å². The van der Waals surface area contributed by atoms with Crippen molar-refractivity contribution in [1.82, 2.24) is 40.0 Å². The molecule has 29 heteroatoms. The summed E-state index contributed by atoms with van der Waals surface area (Å²) in [5.41, 5.74) is 37.7. The third-order valence-corrected chi connectivity index (χ3v) is 21.9. The monoisotopic (exact) mass is 1790 g/mol. The van der Waals surface area contributed by atoms with Crippen LogP contribution in [0.25, 0.3) is 26.8 Å². The van der Waals surface area contributed by atoms with E-state index < -0.39 is 15.3 Å². The first kappa shape index (κ1) is 103. The zero-order valence-electron chi connectivity index (χ0n) is 73.9. The maximum Gasteiger partial charge on any atom is 1.00 e. The van der Waals surface area contributed by atoms with Crippen LogP contribution in [0, 0.1) is 33.9 Å². The molecule has 2 amide bonds. The number of rotatable bonds is 25. The van der Waals surface area contributed by atoms with Crippen molar-refractivity contribution in [3.05, 3.63) is 356 Å². The first-order valence-electron chi connectivity index (χ1n) is 42.7. The number of ketones is 1. The second-order valence-electron chi connectivity index (χ2n) is 31.6. The molecule has 3 aliphatic carbocycles. The number of nitrogens with one attached hydrogen (secondary N) is 4. The van der Waals surface area contributed by atoms with Gasteiger partial charge in [0.1, 0.15) is 23.2 Å². The molecule has 12 aromatic rings. The molecule has 9 aromatic carbocycles. The fourth-order valence-electron chi connectivity index (χ4n) is 15.4. The number of unbranched alkanes of at least 4 members (excludes halogenated alkanes) is 2. The van der Waals surface area contributed by atoms with Crippen molar-refractivity contribution in [2.24, 2.45) is 22.9 Å². The first-order valence-corrected chi connectivity index (χ1v) is 45.5. The van der Waals surface area contributed by atoms with E-state index in [2.05, 4.69) is 122 Å². The van der Waals surface area contributed by atoms with Gasteiger partial charge in [-0.05, 0) is 247 Å². The molecule has 3 aliphatic rings. The minimum atomic E-state index is -1.67. The predicted molar refractivity (Wildman–Crippen MR) is 510 cm³/mol. The number of nitrogens with zero attached hydrogens (tertiary/aromatic N) is 8. The Kier molecular flexibility index (Phi) is 43.1. The van der Waals surface area contributed by atoms with Crippen LogP contribution in [0.5, 0.6) is 0 Å². The number of aliphatic hydroxyl groups is 4. The van der Waals surface area contributed by atoms with Gasteiger partial charge in [0.25, 0.3) is 11.8 Å². The van der Waals surface area contributed by atoms with Gasteiger partial charge >= 0.3 is 29.6 Å². The van der Waals surface area contributed by atoms with Gasteiger partial charge in [-0.25, -0.2) is 27.9 Å². The molecule has 3 fully saturated rings. The molecule has 0 spiro atoms. The molecule has 0 bridgehead atoms. The molecule has 3 saturated carbocycles. The van der Waals surface area contributed by atoms with E-state index in [0.29, 0.717) is 81.4 Å². The van der Waals surface area contributed by atoms with Crippen LogP contribution in [0.15, 0.2) is 255 Å². The Hall–Kier alpha value is -10.4. The summed E-state index contributed by atoms with van der Waals surface area (Å²) in [6, 6.07) is 81.6. The summed E-state index contributed by atoms with van der Waals surface area (Å²) in [4.78, 5) is 46.9. The number of amides is 2. The summed E-state index contributed by atoms with van der Waals surface area (Å²) in [7, 11) is 7.36. The molecule has 16 N–H and O–H groups in total. The molecule has 3 heterocycles. The zero-order chi connectivity index (χ0) is 89.9. The summed E-state index contributed by atoms with van der Waals surface area (Å²) in [6.07, 6.45) is 13.3. The standard InChI is InChI=1S/C32H32N4O2.C31H35N5O2.C25H20N4O2.C6H13NO.C5H14N2.B.Cl2OS.Na.H/c1-22-18-30(36(35-22)28-13-7-12-27(21-28)33-2)31(38)20-23-8-6-11-25(19-23)32(24-9-4-3-5-10-24)34-26-14-16-29(37)17-15-26;1-21-17-29(36(35-21)27-12-5-7-22(18-27)20-32)31(38)34-26-11-6-10-24(19-26)30(23-8-3-2-4-9-23)33-25-13-15-28(37)16-14-25;1-17-14-23(29(28-17)22-13-7-11-20(16-22)26-2)25(31)27-21-12-6-10-19(15-21)24(30)18-8-4-3-5-9-18;7-5-1-3-6(8)4-2-5;6-4-2-1-3-5-7;;1-4(2)3;;/h3-13,18-19,21,26,29,32,34,37H,14-17,20H2,1H3;2-12,17-19,25,28,30,33,37H,13-16,20,32H2,1H3,(H,34,38);3-16,24,30H,1H3,(H,27,31);5-6,8H,1-4,7H2;1-7H2;;;;/q;;;;;;;+1;-1. The summed E-state index contributed by atoms with van der Waals surface area (Å²) < 4.78 is 13.9. The number of carbonyl (C=O) groups is 3. The van der Waals surface area contributed by atoms with Crippen LogP contribution in [0.1, 0.15) is 209 Å². The third kappa shape index (κ3) is 32.1. The summed E-state index contributed by atoms with van der Waals surface area (Å²) in [5.74, 6) is -0.590. The van der Waals surface area contributed by atoms with Crippen LogP contribution in [0.4, 0.5) is 22.7 Å². The molecule has 3 aromatic heterocycles. The minimum absolute atomic E-state index is 0. The number of anilines is 2. The van der Waals surface area contributed by atoms with Crippen LogP contribution in [-0.4, -0.2) is 130 Å². The van der Waals surface area contributed by atoms with Gasteiger partial charge in [-0.3, -0.25) is 14.4 Å². The van der Waals surface area contributed by atoms with Crippen LogP contribution >= 0.6 is 21.4 Å². The van der Waals surface area contributed by atoms with Crippen LogP contribution in [0.3, 0.4) is 0 Å². The molecule has 3 unspecified atom stereocenters. The smallest absolute Gasteiger partial charge is 1.00 e. The average molecular weight is 1790 g/mol. The van der Waals surface area contributed by atoms with E-state index in [-0.39, 0.29) is 93.8 Å². The second kappa shape index (κ2) is 53.5. The van der Waals surface area contributed by atoms with E-state index in [1.165, 1.54) is 16.7 Å². The van der Waals surface area contributed by atoms with Gasteiger partial charge in [0, 0.05) is 72.2 Å². The summed E-state index contributed by atoms with van der Waals surface area (Å²) >= 11 is 0. The fraction of sp³-hybridized carbons (Fsp3) is 0.313. The van der Waals surface area contributed by atoms with Gasteiger partial charge in [-0.1, -0.05) is 182 Å². The largest absolute Gasteiger partial charge is 1.00 e. The van der Waals surface area contributed by atoms with Crippen molar-refractivity contribution in [2.45, 2.75) is 185 Å². The molecule has 0 aliphatic heterocycles. The van der Waals surface area contributed by atoms with E-state index in [1.54, 1.807) is 82.2 Å². The Morgan fingerprint density at radius 2 is 0.805 bits per heavy atom. The molecule has 15 rings (SSSR count).